The predicted octanol–water partition coefficient (Wildman–Crippen LogP) is 4.96. The van der Waals surface area contributed by atoms with Gasteiger partial charge in [-0.1, -0.05) is 43.6 Å². The summed E-state index contributed by atoms with van der Waals surface area (Å²) in [5, 5.41) is 3.26. The monoisotopic (exact) mass is 389 g/mol. The number of esters is 1. The topological polar surface area (TPSA) is 64.6 Å². The van der Waals surface area contributed by atoms with Crippen LogP contribution in [0.15, 0.2) is 36.4 Å². The van der Waals surface area contributed by atoms with E-state index in [-0.39, 0.29) is 11.5 Å². The number of hydrogen-bond donors (Lipinski definition) is 1. The maximum Gasteiger partial charge on any atom is 0.342 e. The zero-order valence-electron chi connectivity index (χ0n) is 16.1. The van der Waals surface area contributed by atoms with Crippen molar-refractivity contribution in [2.75, 3.05) is 12.4 Å². The van der Waals surface area contributed by atoms with Crippen molar-refractivity contribution in [2.24, 2.45) is 0 Å². The van der Waals surface area contributed by atoms with Crippen molar-refractivity contribution in [1.29, 1.82) is 0 Å². The normalized spacial score (nSPS) is 11.8. The van der Waals surface area contributed by atoms with E-state index in [9.17, 15) is 9.59 Å². The van der Waals surface area contributed by atoms with E-state index < -0.39 is 18.0 Å². The number of methoxy groups -OCH3 is 1. The van der Waals surface area contributed by atoms with Crippen molar-refractivity contribution in [1.82, 2.24) is 0 Å². The first-order valence-electron chi connectivity index (χ1n) is 8.69. The second-order valence-electron chi connectivity index (χ2n) is 6.58. The molecule has 0 saturated heterocycles. The largest absolute Gasteiger partial charge is 0.496 e. The van der Waals surface area contributed by atoms with Gasteiger partial charge in [0.15, 0.2) is 6.10 Å². The summed E-state index contributed by atoms with van der Waals surface area (Å²) < 4.78 is 10.5. The Kier molecular flexibility index (Phi) is 6.86. The fourth-order valence-corrected chi connectivity index (χ4v) is 2.86. The first kappa shape index (κ1) is 20.8. The van der Waals surface area contributed by atoms with Gasteiger partial charge in [-0.05, 0) is 49.1 Å². The van der Waals surface area contributed by atoms with Gasteiger partial charge >= 0.3 is 5.97 Å². The molecule has 2 aromatic carbocycles. The highest BCUT2D eigenvalue weighted by Crippen LogP contribution is 2.28. The molecule has 0 aliphatic rings. The number of rotatable bonds is 6. The molecule has 2 aromatic rings. The molecule has 0 spiro atoms. The fraction of sp³-hybridized carbons (Fsp3) is 0.333. The Bertz CT molecular complexity index is 848. The minimum atomic E-state index is -0.985. The van der Waals surface area contributed by atoms with E-state index in [4.69, 9.17) is 21.1 Å². The molecule has 5 nitrogen and oxygen atoms in total. The minimum absolute atomic E-state index is 0.170. The Morgan fingerprint density at radius 1 is 1.11 bits per heavy atom. The number of para-hydroxylation sites is 1. The van der Waals surface area contributed by atoms with Crippen LogP contribution in [0.3, 0.4) is 0 Å². The molecule has 6 heteroatoms. The first-order valence-corrected chi connectivity index (χ1v) is 9.07. The lowest BCUT2D eigenvalue weighted by atomic mass is 9.98. The molecule has 0 saturated carbocycles. The molecular weight excluding hydrogens is 366 g/mol. The van der Waals surface area contributed by atoms with Gasteiger partial charge in [0.05, 0.1) is 7.11 Å². The van der Waals surface area contributed by atoms with Crippen LogP contribution in [-0.2, 0) is 9.53 Å². The van der Waals surface area contributed by atoms with Gasteiger partial charge in [0, 0.05) is 10.7 Å². The Balaban J connectivity index is 2.15. The van der Waals surface area contributed by atoms with Crippen LogP contribution in [0.4, 0.5) is 5.69 Å². The number of nitrogens with one attached hydrogen (secondary N) is 1. The van der Waals surface area contributed by atoms with E-state index in [0.717, 1.165) is 16.8 Å². The summed E-state index contributed by atoms with van der Waals surface area (Å²) in [6.45, 7) is 7.56. The molecule has 144 valence electrons. The zero-order chi connectivity index (χ0) is 20.1. The smallest absolute Gasteiger partial charge is 0.342 e. The van der Waals surface area contributed by atoms with Crippen molar-refractivity contribution >= 4 is 29.2 Å². The number of halogens is 1. The second-order valence-corrected chi connectivity index (χ2v) is 7.01. The van der Waals surface area contributed by atoms with Gasteiger partial charge in [0.1, 0.15) is 11.3 Å². The molecule has 1 N–H and O–H groups in total. The second kappa shape index (κ2) is 8.91. The van der Waals surface area contributed by atoms with Crippen LogP contribution in [0.25, 0.3) is 0 Å². The van der Waals surface area contributed by atoms with Crippen molar-refractivity contribution in [2.45, 2.75) is 39.7 Å². The van der Waals surface area contributed by atoms with E-state index in [0.29, 0.717) is 10.8 Å². The lowest BCUT2D eigenvalue weighted by molar-refractivity contribution is -0.123. The lowest BCUT2D eigenvalue weighted by Gasteiger charge is -2.19. The quantitative estimate of drug-likeness (QED) is 0.709. The highest BCUT2D eigenvalue weighted by Gasteiger charge is 2.23. The van der Waals surface area contributed by atoms with Gasteiger partial charge in [0.2, 0.25) is 0 Å². The number of aryl methyl sites for hydroxylation is 1. The molecule has 0 bridgehead atoms. The Labute approximate surface area is 164 Å². The summed E-state index contributed by atoms with van der Waals surface area (Å²) in [6, 6.07) is 10.5. The number of benzene rings is 2. The molecule has 27 heavy (non-hydrogen) atoms. The summed E-state index contributed by atoms with van der Waals surface area (Å²) >= 11 is 5.95. The summed E-state index contributed by atoms with van der Waals surface area (Å²) in [4.78, 5) is 25.0. The highest BCUT2D eigenvalue weighted by atomic mass is 35.5. The fourth-order valence-electron chi connectivity index (χ4n) is 2.68. The van der Waals surface area contributed by atoms with E-state index in [2.05, 4.69) is 19.2 Å². The van der Waals surface area contributed by atoms with Crippen molar-refractivity contribution in [3.8, 4) is 5.75 Å². The Morgan fingerprint density at radius 3 is 2.44 bits per heavy atom. The molecule has 0 fully saturated rings. The van der Waals surface area contributed by atoms with Crippen LogP contribution in [0.2, 0.25) is 5.02 Å². The average Bonchev–Trinajstić information content (AvgIpc) is 2.62. The van der Waals surface area contributed by atoms with E-state index in [1.807, 2.05) is 25.1 Å². The van der Waals surface area contributed by atoms with Gasteiger partial charge in [-0.15, -0.1) is 0 Å². The maximum atomic E-state index is 12.6. The highest BCUT2D eigenvalue weighted by molar-refractivity contribution is 6.31. The van der Waals surface area contributed by atoms with Crippen LogP contribution < -0.4 is 10.1 Å². The molecule has 0 heterocycles. The standard InChI is InChI=1S/C21H24ClNO4/c1-12(2)16-8-6-7-13(3)19(16)23-20(24)14(4)27-21(25)17-11-15(22)9-10-18(17)26-5/h6-12,14H,1-5H3,(H,23,24)/t14-/m1/s1. The van der Waals surface area contributed by atoms with Gasteiger partial charge in [0.25, 0.3) is 5.91 Å². The molecule has 0 radical (unpaired) electrons. The number of carbonyl (C=O) groups is 2. The third-order valence-electron chi connectivity index (χ3n) is 4.21. The van der Waals surface area contributed by atoms with Crippen LogP contribution >= 0.6 is 11.6 Å². The van der Waals surface area contributed by atoms with Gasteiger partial charge in [-0.3, -0.25) is 4.79 Å². The summed E-state index contributed by atoms with van der Waals surface area (Å²) in [6.07, 6.45) is -0.985. The molecule has 2 rings (SSSR count). The van der Waals surface area contributed by atoms with Gasteiger partial charge in [-0.2, -0.15) is 0 Å². The average molecular weight is 390 g/mol. The maximum absolute atomic E-state index is 12.6. The zero-order valence-corrected chi connectivity index (χ0v) is 16.9. The Morgan fingerprint density at radius 2 is 1.81 bits per heavy atom. The van der Waals surface area contributed by atoms with E-state index in [1.54, 1.807) is 12.1 Å². The number of amides is 1. The lowest BCUT2D eigenvalue weighted by Crippen LogP contribution is -2.30. The third-order valence-corrected chi connectivity index (χ3v) is 4.44. The van der Waals surface area contributed by atoms with E-state index in [1.165, 1.54) is 20.1 Å². The van der Waals surface area contributed by atoms with E-state index >= 15 is 0 Å². The molecule has 0 aromatic heterocycles. The summed E-state index contributed by atoms with van der Waals surface area (Å²) in [5.74, 6) is -0.502. The molecule has 0 aliphatic heterocycles. The number of hydrogen-bond acceptors (Lipinski definition) is 4. The minimum Gasteiger partial charge on any atom is -0.496 e. The van der Waals surface area contributed by atoms with Crippen LogP contribution in [0.1, 0.15) is 48.2 Å². The summed E-state index contributed by atoms with van der Waals surface area (Å²) in [7, 11) is 1.45. The molecular formula is C21H24ClNO4. The number of ether oxygens (including phenoxy) is 2. The molecule has 0 unspecified atom stereocenters. The van der Waals surface area contributed by atoms with Gasteiger partial charge in [-0.25, -0.2) is 4.79 Å². The van der Waals surface area contributed by atoms with Crippen LogP contribution in [0, 0.1) is 6.92 Å². The molecule has 1 amide bonds. The molecule has 0 aliphatic carbocycles. The third kappa shape index (κ3) is 5.01. The van der Waals surface area contributed by atoms with Crippen LogP contribution in [0.5, 0.6) is 5.75 Å². The Hall–Kier alpha value is -2.53. The number of anilines is 1. The predicted molar refractivity (Wildman–Crippen MR) is 107 cm³/mol. The van der Waals surface area contributed by atoms with Crippen molar-refractivity contribution < 1.29 is 19.1 Å². The molecule has 1 atom stereocenters. The summed E-state index contributed by atoms with van der Waals surface area (Å²) in [5.41, 5.74) is 2.90. The first-order chi connectivity index (χ1) is 12.7. The number of carbonyl (C=O) groups excluding carboxylic acids is 2. The van der Waals surface area contributed by atoms with Gasteiger partial charge < -0.3 is 14.8 Å². The van der Waals surface area contributed by atoms with Crippen molar-refractivity contribution in [3.05, 3.63) is 58.1 Å². The van der Waals surface area contributed by atoms with Crippen molar-refractivity contribution in [3.63, 3.8) is 0 Å². The van der Waals surface area contributed by atoms with Crippen LogP contribution in [-0.4, -0.2) is 25.1 Å². The SMILES string of the molecule is COc1ccc(Cl)cc1C(=O)O[C@H](C)C(=O)Nc1c(C)cccc1C(C)C.